The first kappa shape index (κ1) is 13.7. The van der Waals surface area contributed by atoms with E-state index in [1.54, 1.807) is 0 Å². The lowest BCUT2D eigenvalue weighted by molar-refractivity contribution is -0.139. The average molecular weight is 276 g/mol. The summed E-state index contributed by atoms with van der Waals surface area (Å²) in [6.45, 7) is 6.24. The van der Waals surface area contributed by atoms with E-state index in [1.165, 1.54) is 18.9 Å². The van der Waals surface area contributed by atoms with Gasteiger partial charge in [0, 0.05) is 6.54 Å². The Labute approximate surface area is 116 Å². The van der Waals surface area contributed by atoms with E-state index in [-0.39, 0.29) is 11.2 Å². The van der Waals surface area contributed by atoms with Crippen LogP contribution in [0.1, 0.15) is 6.92 Å². The minimum atomic E-state index is -0.287. The van der Waals surface area contributed by atoms with Gasteiger partial charge in [0.05, 0.1) is 18.1 Å². The summed E-state index contributed by atoms with van der Waals surface area (Å²) in [7, 11) is 1.39. The van der Waals surface area contributed by atoms with Crippen LogP contribution in [0.4, 0.5) is 0 Å². The lowest BCUT2D eigenvalue weighted by Crippen LogP contribution is -2.15. The fourth-order valence-corrected chi connectivity index (χ4v) is 2.78. The Kier molecular flexibility index (Phi) is 4.27. The normalized spacial score (nSPS) is 12.3. The van der Waals surface area contributed by atoms with Crippen LogP contribution in [0.3, 0.4) is 0 Å². The number of rotatable bonds is 5. The van der Waals surface area contributed by atoms with Crippen LogP contribution in [0.2, 0.25) is 0 Å². The highest BCUT2D eigenvalue weighted by atomic mass is 32.2. The second-order valence-corrected chi connectivity index (χ2v) is 5.37. The lowest BCUT2D eigenvalue weighted by Gasteiger charge is -2.10. The molecule has 1 aromatic heterocycles. The molecule has 5 heteroatoms. The predicted octanol–water partition coefficient (Wildman–Crippen LogP) is 2.88. The number of aromatic nitrogens is 2. The highest BCUT2D eigenvalue weighted by Gasteiger charge is 2.19. The first-order valence-corrected chi connectivity index (χ1v) is 6.86. The molecule has 2 aromatic rings. The second kappa shape index (κ2) is 5.93. The van der Waals surface area contributed by atoms with Crippen molar-refractivity contribution in [1.29, 1.82) is 0 Å². The maximum absolute atomic E-state index is 11.5. The highest BCUT2D eigenvalue weighted by Crippen LogP contribution is 2.27. The Morgan fingerprint density at radius 2 is 2.32 bits per heavy atom. The van der Waals surface area contributed by atoms with Gasteiger partial charge in [-0.2, -0.15) is 0 Å². The summed E-state index contributed by atoms with van der Waals surface area (Å²) in [6.07, 6.45) is 1.82. The van der Waals surface area contributed by atoms with Crippen molar-refractivity contribution in [2.75, 3.05) is 7.11 Å². The number of nitrogens with zero attached hydrogens (tertiary/aromatic N) is 2. The summed E-state index contributed by atoms with van der Waals surface area (Å²) >= 11 is 1.40. The first-order chi connectivity index (χ1) is 9.17. The van der Waals surface area contributed by atoms with E-state index < -0.39 is 0 Å². The Morgan fingerprint density at radius 1 is 1.58 bits per heavy atom. The molecule has 0 radical (unpaired) electrons. The van der Waals surface area contributed by atoms with E-state index in [0.29, 0.717) is 6.54 Å². The molecule has 1 atom stereocenters. The van der Waals surface area contributed by atoms with Crippen LogP contribution in [0.15, 0.2) is 42.1 Å². The van der Waals surface area contributed by atoms with Crippen LogP contribution >= 0.6 is 11.8 Å². The Hall–Kier alpha value is -1.75. The third kappa shape index (κ3) is 2.81. The van der Waals surface area contributed by atoms with E-state index >= 15 is 0 Å². The monoisotopic (exact) mass is 276 g/mol. The number of fused-ring (bicyclic) bond motifs is 1. The topological polar surface area (TPSA) is 44.1 Å². The van der Waals surface area contributed by atoms with Crippen molar-refractivity contribution in [3.8, 4) is 0 Å². The number of hydrogen-bond donors (Lipinski definition) is 0. The van der Waals surface area contributed by atoms with Gasteiger partial charge in [-0.25, -0.2) is 4.98 Å². The van der Waals surface area contributed by atoms with Gasteiger partial charge in [0.15, 0.2) is 5.16 Å². The molecule has 1 heterocycles. The zero-order valence-electron chi connectivity index (χ0n) is 11.0. The molecule has 4 nitrogen and oxygen atoms in total. The van der Waals surface area contributed by atoms with E-state index in [0.717, 1.165) is 16.2 Å². The number of esters is 1. The SMILES string of the molecule is C=CCn1c(S[C@H](C)C(=O)OC)nc2ccccc21. The van der Waals surface area contributed by atoms with Gasteiger partial charge in [0.25, 0.3) is 0 Å². The maximum Gasteiger partial charge on any atom is 0.318 e. The summed E-state index contributed by atoms with van der Waals surface area (Å²) in [5.41, 5.74) is 1.96. The number of ether oxygens (including phenoxy) is 1. The third-order valence-electron chi connectivity index (χ3n) is 2.75. The van der Waals surface area contributed by atoms with Crippen LogP contribution in [-0.2, 0) is 16.1 Å². The van der Waals surface area contributed by atoms with Crippen molar-refractivity contribution in [2.24, 2.45) is 0 Å². The van der Waals surface area contributed by atoms with Crippen LogP contribution in [-0.4, -0.2) is 27.9 Å². The number of carbonyl (C=O) groups is 1. The molecule has 0 saturated carbocycles. The number of hydrogen-bond acceptors (Lipinski definition) is 4. The quantitative estimate of drug-likeness (QED) is 0.478. The standard InChI is InChI=1S/C14H16N2O2S/c1-4-9-16-12-8-6-5-7-11(12)15-14(16)19-10(2)13(17)18-3/h4-8,10H,1,9H2,2-3H3/t10-/m1/s1. The van der Waals surface area contributed by atoms with Crippen LogP contribution < -0.4 is 0 Å². The van der Waals surface area contributed by atoms with E-state index in [9.17, 15) is 4.79 Å². The lowest BCUT2D eigenvalue weighted by atomic mass is 10.3. The van der Waals surface area contributed by atoms with E-state index in [1.807, 2.05) is 41.8 Å². The molecule has 19 heavy (non-hydrogen) atoms. The average Bonchev–Trinajstić information content (AvgIpc) is 2.76. The Balaban J connectivity index is 2.38. The minimum absolute atomic E-state index is 0.248. The van der Waals surface area contributed by atoms with Crippen molar-refractivity contribution in [2.45, 2.75) is 23.9 Å². The highest BCUT2D eigenvalue weighted by molar-refractivity contribution is 8.00. The van der Waals surface area contributed by atoms with Crippen LogP contribution in [0.25, 0.3) is 11.0 Å². The van der Waals surface area contributed by atoms with E-state index in [2.05, 4.69) is 11.6 Å². The fourth-order valence-electron chi connectivity index (χ4n) is 1.82. The number of thioether (sulfide) groups is 1. The smallest absolute Gasteiger partial charge is 0.318 e. The first-order valence-electron chi connectivity index (χ1n) is 5.98. The molecule has 1 aromatic carbocycles. The van der Waals surface area contributed by atoms with Crippen molar-refractivity contribution in [1.82, 2.24) is 9.55 Å². The summed E-state index contributed by atoms with van der Waals surface area (Å²) in [5.74, 6) is -0.248. The molecule has 0 saturated heterocycles. The van der Waals surface area contributed by atoms with E-state index in [4.69, 9.17) is 4.74 Å². The molecular formula is C14H16N2O2S. The largest absolute Gasteiger partial charge is 0.468 e. The van der Waals surface area contributed by atoms with Crippen LogP contribution in [0, 0.1) is 0 Å². The van der Waals surface area contributed by atoms with Crippen LogP contribution in [0.5, 0.6) is 0 Å². The number of imidazole rings is 1. The molecule has 100 valence electrons. The van der Waals surface area contributed by atoms with Gasteiger partial charge in [0.2, 0.25) is 0 Å². The maximum atomic E-state index is 11.5. The molecular weight excluding hydrogens is 260 g/mol. The fraction of sp³-hybridized carbons (Fsp3) is 0.286. The zero-order valence-corrected chi connectivity index (χ0v) is 11.8. The number of carbonyl (C=O) groups excluding carboxylic acids is 1. The molecule has 0 unspecified atom stereocenters. The molecule has 0 fully saturated rings. The summed E-state index contributed by atoms with van der Waals surface area (Å²) in [6, 6.07) is 7.90. The molecule has 0 aliphatic heterocycles. The summed E-state index contributed by atoms with van der Waals surface area (Å²) in [4.78, 5) is 16.1. The number of benzene rings is 1. The van der Waals surface area contributed by atoms with Gasteiger partial charge in [0.1, 0.15) is 5.25 Å². The zero-order chi connectivity index (χ0) is 13.8. The van der Waals surface area contributed by atoms with Gasteiger partial charge >= 0.3 is 5.97 Å². The summed E-state index contributed by atoms with van der Waals surface area (Å²) < 4.78 is 6.79. The third-order valence-corrected chi connectivity index (χ3v) is 3.81. The molecule has 2 rings (SSSR count). The second-order valence-electron chi connectivity index (χ2n) is 4.07. The Bertz CT molecular complexity index is 607. The molecule has 0 bridgehead atoms. The van der Waals surface area contributed by atoms with Crippen molar-refractivity contribution in [3.05, 3.63) is 36.9 Å². The van der Waals surface area contributed by atoms with Gasteiger partial charge in [-0.05, 0) is 19.1 Å². The van der Waals surface area contributed by atoms with Crippen molar-refractivity contribution >= 4 is 28.8 Å². The van der Waals surface area contributed by atoms with Gasteiger partial charge in [-0.1, -0.05) is 30.0 Å². The van der Waals surface area contributed by atoms with Gasteiger partial charge in [-0.15, -0.1) is 6.58 Å². The molecule has 0 N–H and O–H groups in total. The molecule has 0 amide bonds. The minimum Gasteiger partial charge on any atom is -0.468 e. The molecule has 0 aliphatic carbocycles. The van der Waals surface area contributed by atoms with Crippen molar-refractivity contribution in [3.63, 3.8) is 0 Å². The van der Waals surface area contributed by atoms with Gasteiger partial charge < -0.3 is 9.30 Å². The Morgan fingerprint density at radius 3 is 3.00 bits per heavy atom. The van der Waals surface area contributed by atoms with Crippen molar-refractivity contribution < 1.29 is 9.53 Å². The number of methoxy groups -OCH3 is 1. The summed E-state index contributed by atoms with van der Waals surface area (Å²) in [5, 5.41) is 0.518. The predicted molar refractivity (Wildman–Crippen MR) is 77.3 cm³/mol. The number of para-hydroxylation sites is 2. The molecule has 0 spiro atoms. The number of allylic oxidation sites excluding steroid dienone is 1. The molecule has 0 aliphatic rings. The van der Waals surface area contributed by atoms with Gasteiger partial charge in [-0.3, -0.25) is 4.79 Å².